The van der Waals surface area contributed by atoms with E-state index in [4.69, 9.17) is 4.74 Å². The van der Waals surface area contributed by atoms with E-state index >= 15 is 0 Å². The molecule has 0 aliphatic carbocycles. The fraction of sp³-hybridized carbons (Fsp3) is 0.294. The van der Waals surface area contributed by atoms with E-state index in [-0.39, 0.29) is 5.82 Å². The Balaban J connectivity index is 1.85. The molecule has 0 saturated heterocycles. The number of aliphatic hydroxyl groups is 1. The van der Waals surface area contributed by atoms with Crippen molar-refractivity contribution in [1.29, 1.82) is 0 Å². The van der Waals surface area contributed by atoms with Gasteiger partial charge in [-0.25, -0.2) is 4.39 Å². The summed E-state index contributed by atoms with van der Waals surface area (Å²) in [6, 6.07) is 14.3. The molecule has 3 heteroatoms. The lowest BCUT2D eigenvalue weighted by Gasteiger charge is -2.11. The van der Waals surface area contributed by atoms with Crippen LogP contribution in [0, 0.1) is 5.82 Å². The molecular formula is C17H19FO2. The smallest absolute Gasteiger partial charge is 0.126 e. The summed E-state index contributed by atoms with van der Waals surface area (Å²) in [6.45, 7) is 0. The van der Waals surface area contributed by atoms with Crippen LogP contribution in [0.15, 0.2) is 48.5 Å². The highest BCUT2D eigenvalue weighted by atomic mass is 19.1. The van der Waals surface area contributed by atoms with Crippen LogP contribution in [0.1, 0.15) is 17.5 Å². The summed E-state index contributed by atoms with van der Waals surface area (Å²) in [6.07, 6.45) is 1.19. The van der Waals surface area contributed by atoms with Crippen molar-refractivity contribution >= 4 is 0 Å². The Bertz CT molecular complexity index is 537. The van der Waals surface area contributed by atoms with E-state index in [2.05, 4.69) is 0 Å². The first kappa shape index (κ1) is 14.5. The number of hydrogen-bond acceptors (Lipinski definition) is 2. The Labute approximate surface area is 118 Å². The molecule has 0 saturated carbocycles. The Hall–Kier alpha value is -1.87. The van der Waals surface area contributed by atoms with Crippen molar-refractivity contribution < 1.29 is 14.2 Å². The monoisotopic (exact) mass is 274 g/mol. The van der Waals surface area contributed by atoms with Gasteiger partial charge in [-0.05, 0) is 42.2 Å². The number of aliphatic hydroxyl groups excluding tert-OH is 1. The normalized spacial score (nSPS) is 12.2. The van der Waals surface area contributed by atoms with E-state index in [1.54, 1.807) is 25.3 Å². The van der Waals surface area contributed by atoms with E-state index in [0.717, 1.165) is 17.7 Å². The van der Waals surface area contributed by atoms with Crippen molar-refractivity contribution in [3.8, 4) is 5.75 Å². The molecule has 1 unspecified atom stereocenters. The van der Waals surface area contributed by atoms with Crippen LogP contribution < -0.4 is 4.74 Å². The van der Waals surface area contributed by atoms with Gasteiger partial charge in [-0.2, -0.15) is 0 Å². The molecule has 0 bridgehead atoms. The van der Waals surface area contributed by atoms with Gasteiger partial charge >= 0.3 is 0 Å². The molecule has 0 aliphatic heterocycles. The predicted molar refractivity (Wildman–Crippen MR) is 77.4 cm³/mol. The average molecular weight is 274 g/mol. The third-order valence-electron chi connectivity index (χ3n) is 3.34. The van der Waals surface area contributed by atoms with Crippen LogP contribution in [0.4, 0.5) is 4.39 Å². The van der Waals surface area contributed by atoms with Crippen LogP contribution in [0.25, 0.3) is 0 Å². The molecule has 0 fully saturated rings. The lowest BCUT2D eigenvalue weighted by Crippen LogP contribution is -2.12. The summed E-state index contributed by atoms with van der Waals surface area (Å²) in [5.41, 5.74) is 1.70. The highest BCUT2D eigenvalue weighted by Crippen LogP contribution is 2.15. The first-order valence-electron chi connectivity index (χ1n) is 6.73. The van der Waals surface area contributed by atoms with E-state index < -0.39 is 6.10 Å². The van der Waals surface area contributed by atoms with Crippen LogP contribution in [0.5, 0.6) is 5.75 Å². The summed E-state index contributed by atoms with van der Waals surface area (Å²) >= 11 is 0. The van der Waals surface area contributed by atoms with Gasteiger partial charge in [-0.1, -0.05) is 30.3 Å². The molecule has 0 amide bonds. The van der Waals surface area contributed by atoms with Crippen LogP contribution in [-0.4, -0.2) is 18.3 Å². The quantitative estimate of drug-likeness (QED) is 0.875. The van der Waals surface area contributed by atoms with Crippen molar-refractivity contribution in [2.75, 3.05) is 7.11 Å². The molecule has 0 heterocycles. The summed E-state index contributed by atoms with van der Waals surface area (Å²) in [5, 5.41) is 10.00. The zero-order valence-corrected chi connectivity index (χ0v) is 11.6. The number of ether oxygens (including phenoxy) is 1. The summed E-state index contributed by atoms with van der Waals surface area (Å²) < 4.78 is 18.6. The number of hydrogen-bond donors (Lipinski definition) is 1. The number of methoxy groups -OCH3 is 1. The topological polar surface area (TPSA) is 29.5 Å². The second-order valence-electron chi connectivity index (χ2n) is 4.84. The zero-order valence-electron chi connectivity index (χ0n) is 11.6. The van der Waals surface area contributed by atoms with Gasteiger partial charge in [-0.15, -0.1) is 0 Å². The molecule has 1 N–H and O–H groups in total. The van der Waals surface area contributed by atoms with E-state index in [0.29, 0.717) is 18.4 Å². The van der Waals surface area contributed by atoms with Gasteiger partial charge in [0.15, 0.2) is 0 Å². The third-order valence-corrected chi connectivity index (χ3v) is 3.34. The highest BCUT2D eigenvalue weighted by molar-refractivity contribution is 5.27. The minimum absolute atomic E-state index is 0.254. The molecule has 0 aliphatic rings. The van der Waals surface area contributed by atoms with Crippen LogP contribution in [0.3, 0.4) is 0 Å². The lowest BCUT2D eigenvalue weighted by molar-refractivity contribution is 0.164. The van der Waals surface area contributed by atoms with Crippen LogP contribution >= 0.6 is 0 Å². The second kappa shape index (κ2) is 7.06. The minimum Gasteiger partial charge on any atom is -0.497 e. The highest BCUT2D eigenvalue weighted by Gasteiger charge is 2.09. The molecule has 0 aromatic heterocycles. The second-order valence-corrected chi connectivity index (χ2v) is 4.84. The maximum Gasteiger partial charge on any atom is 0.126 e. The van der Waals surface area contributed by atoms with Crippen molar-refractivity contribution in [1.82, 2.24) is 0 Å². The first-order valence-corrected chi connectivity index (χ1v) is 6.73. The number of benzene rings is 2. The maximum atomic E-state index is 13.5. The van der Waals surface area contributed by atoms with Crippen molar-refractivity contribution in [2.45, 2.75) is 25.4 Å². The molecule has 2 aromatic carbocycles. The average Bonchev–Trinajstić information content (AvgIpc) is 2.48. The van der Waals surface area contributed by atoms with Crippen molar-refractivity contribution in [2.24, 2.45) is 0 Å². The molecular weight excluding hydrogens is 255 g/mol. The molecule has 2 rings (SSSR count). The standard InChI is InChI=1S/C17H19FO2/c1-20-16-10-7-13(8-11-16)6-9-15(19)12-14-4-2-3-5-17(14)18/h2-5,7-8,10-11,15,19H,6,9,12H2,1H3. The molecule has 20 heavy (non-hydrogen) atoms. The van der Waals surface area contributed by atoms with Crippen LogP contribution in [-0.2, 0) is 12.8 Å². The predicted octanol–water partition coefficient (Wildman–Crippen LogP) is 3.37. The van der Waals surface area contributed by atoms with Gasteiger partial charge in [0.05, 0.1) is 13.2 Å². The van der Waals surface area contributed by atoms with Crippen molar-refractivity contribution in [3.63, 3.8) is 0 Å². The Kier molecular flexibility index (Phi) is 5.13. The Morgan fingerprint density at radius 3 is 2.45 bits per heavy atom. The molecule has 0 spiro atoms. The molecule has 2 nitrogen and oxygen atoms in total. The minimum atomic E-state index is -0.533. The van der Waals surface area contributed by atoms with Crippen LogP contribution in [0.2, 0.25) is 0 Å². The van der Waals surface area contributed by atoms with Gasteiger partial charge in [0, 0.05) is 6.42 Å². The van der Waals surface area contributed by atoms with E-state index in [9.17, 15) is 9.50 Å². The van der Waals surface area contributed by atoms with Gasteiger partial charge < -0.3 is 9.84 Å². The van der Waals surface area contributed by atoms with E-state index in [1.807, 2.05) is 24.3 Å². The molecule has 106 valence electrons. The fourth-order valence-electron chi connectivity index (χ4n) is 2.15. The summed E-state index contributed by atoms with van der Waals surface area (Å²) in [5.74, 6) is 0.566. The number of aryl methyl sites for hydroxylation is 1. The van der Waals surface area contributed by atoms with Gasteiger partial charge in [0.2, 0.25) is 0 Å². The third kappa shape index (κ3) is 4.07. The molecule has 2 aromatic rings. The number of halogens is 1. The summed E-state index contributed by atoms with van der Waals surface area (Å²) in [7, 11) is 1.63. The number of rotatable bonds is 6. The molecule has 0 radical (unpaired) electrons. The maximum absolute atomic E-state index is 13.5. The summed E-state index contributed by atoms with van der Waals surface area (Å²) in [4.78, 5) is 0. The SMILES string of the molecule is COc1ccc(CCC(O)Cc2ccccc2F)cc1. The zero-order chi connectivity index (χ0) is 14.4. The van der Waals surface area contributed by atoms with Crippen molar-refractivity contribution in [3.05, 3.63) is 65.5 Å². The molecule has 1 atom stereocenters. The fourth-order valence-corrected chi connectivity index (χ4v) is 2.15. The largest absolute Gasteiger partial charge is 0.497 e. The Morgan fingerprint density at radius 1 is 1.10 bits per heavy atom. The van der Waals surface area contributed by atoms with Gasteiger partial charge in [-0.3, -0.25) is 0 Å². The van der Waals surface area contributed by atoms with Gasteiger partial charge in [0.1, 0.15) is 11.6 Å². The lowest BCUT2D eigenvalue weighted by atomic mass is 10.0. The first-order chi connectivity index (χ1) is 9.69. The van der Waals surface area contributed by atoms with E-state index in [1.165, 1.54) is 6.07 Å². The Morgan fingerprint density at radius 2 is 1.80 bits per heavy atom. The van der Waals surface area contributed by atoms with Gasteiger partial charge in [0.25, 0.3) is 0 Å².